The zero-order valence-electron chi connectivity index (χ0n) is 16.1. The molecule has 2 heterocycles. The molecule has 0 aliphatic heterocycles. The van der Waals surface area contributed by atoms with Gasteiger partial charge < -0.3 is 14.8 Å². The molecule has 2 aromatic carbocycles. The average molecular weight is 398 g/mol. The highest BCUT2D eigenvalue weighted by Crippen LogP contribution is 2.25. The number of rotatable bonds is 6. The van der Waals surface area contributed by atoms with Gasteiger partial charge in [-0.2, -0.15) is 0 Å². The van der Waals surface area contributed by atoms with Crippen LogP contribution in [0.1, 0.15) is 15.9 Å². The number of carbonyl (C=O) groups is 1. The highest BCUT2D eigenvalue weighted by molar-refractivity contribution is 6.04. The predicted octanol–water partition coefficient (Wildman–Crippen LogP) is 5.02. The molecule has 0 aliphatic carbocycles. The number of aromatic nitrogens is 3. The normalized spacial score (nSPS) is 10.3. The van der Waals surface area contributed by atoms with Crippen LogP contribution in [0.5, 0.6) is 23.4 Å². The van der Waals surface area contributed by atoms with Crippen LogP contribution in [0, 0.1) is 6.92 Å². The topological polar surface area (TPSA) is 86.2 Å². The van der Waals surface area contributed by atoms with Gasteiger partial charge >= 0.3 is 6.01 Å². The Morgan fingerprint density at radius 3 is 2.33 bits per heavy atom. The van der Waals surface area contributed by atoms with Crippen LogP contribution in [0.25, 0.3) is 0 Å². The number of aryl methyl sites for hydroxylation is 1. The molecule has 0 radical (unpaired) electrons. The van der Waals surface area contributed by atoms with Crippen molar-refractivity contribution in [3.63, 3.8) is 0 Å². The van der Waals surface area contributed by atoms with Crippen LogP contribution >= 0.6 is 0 Å². The zero-order valence-corrected chi connectivity index (χ0v) is 16.1. The Hall–Kier alpha value is -4.26. The van der Waals surface area contributed by atoms with Gasteiger partial charge in [0.15, 0.2) is 0 Å². The minimum Gasteiger partial charge on any atom is -0.439 e. The number of nitrogens with zero attached hydrogens (tertiary/aromatic N) is 3. The van der Waals surface area contributed by atoms with E-state index in [1.807, 2.05) is 37.3 Å². The molecular formula is C23H18N4O3. The third-order valence-electron chi connectivity index (χ3n) is 4.16. The summed E-state index contributed by atoms with van der Waals surface area (Å²) in [5.74, 6) is 1.41. The molecule has 0 atom stereocenters. The van der Waals surface area contributed by atoms with E-state index in [0.717, 1.165) is 5.56 Å². The molecule has 1 N–H and O–H groups in total. The SMILES string of the molecule is Cc1cc(Oc2ncccn2)ccc1NC(=O)c1ccc(Oc2ccccc2)nc1. The Kier molecular flexibility index (Phi) is 5.61. The van der Waals surface area contributed by atoms with Crippen LogP contribution in [-0.2, 0) is 0 Å². The molecule has 7 nitrogen and oxygen atoms in total. The van der Waals surface area contributed by atoms with Gasteiger partial charge in [0.05, 0.1) is 5.56 Å². The van der Waals surface area contributed by atoms with E-state index >= 15 is 0 Å². The van der Waals surface area contributed by atoms with Crippen molar-refractivity contribution in [2.45, 2.75) is 6.92 Å². The summed E-state index contributed by atoms with van der Waals surface area (Å²) in [7, 11) is 0. The van der Waals surface area contributed by atoms with Crippen molar-refractivity contribution >= 4 is 11.6 Å². The van der Waals surface area contributed by atoms with Crippen molar-refractivity contribution in [2.24, 2.45) is 0 Å². The number of para-hydroxylation sites is 1. The van der Waals surface area contributed by atoms with E-state index in [-0.39, 0.29) is 11.9 Å². The van der Waals surface area contributed by atoms with Crippen LogP contribution in [0.2, 0.25) is 0 Å². The molecule has 2 aromatic heterocycles. The van der Waals surface area contributed by atoms with Gasteiger partial charge in [0.25, 0.3) is 5.91 Å². The Labute approximate surface area is 173 Å². The number of hydrogen-bond acceptors (Lipinski definition) is 6. The quantitative estimate of drug-likeness (QED) is 0.491. The second-order valence-electron chi connectivity index (χ2n) is 6.36. The van der Waals surface area contributed by atoms with Crippen molar-refractivity contribution in [1.29, 1.82) is 0 Å². The van der Waals surface area contributed by atoms with Crippen molar-refractivity contribution in [3.8, 4) is 23.4 Å². The summed E-state index contributed by atoms with van der Waals surface area (Å²) in [5, 5.41) is 2.88. The summed E-state index contributed by atoms with van der Waals surface area (Å²) in [5.41, 5.74) is 1.94. The molecule has 4 rings (SSSR count). The summed E-state index contributed by atoms with van der Waals surface area (Å²) in [6, 6.07) is 20.0. The molecule has 0 saturated carbocycles. The van der Waals surface area contributed by atoms with Crippen molar-refractivity contribution < 1.29 is 14.3 Å². The van der Waals surface area contributed by atoms with Gasteiger partial charge in [0.2, 0.25) is 5.88 Å². The molecule has 0 unspecified atom stereocenters. The minimum atomic E-state index is -0.267. The molecule has 4 aromatic rings. The number of pyridine rings is 1. The second-order valence-corrected chi connectivity index (χ2v) is 6.36. The van der Waals surface area contributed by atoms with Crippen LogP contribution < -0.4 is 14.8 Å². The Morgan fingerprint density at radius 1 is 0.833 bits per heavy atom. The summed E-state index contributed by atoms with van der Waals surface area (Å²) < 4.78 is 11.3. The fourth-order valence-corrected chi connectivity index (χ4v) is 2.66. The van der Waals surface area contributed by atoms with Gasteiger partial charge in [-0.1, -0.05) is 18.2 Å². The first kappa shape index (κ1) is 19.1. The van der Waals surface area contributed by atoms with Crippen LogP contribution in [0.15, 0.2) is 85.3 Å². The maximum absolute atomic E-state index is 12.6. The molecule has 30 heavy (non-hydrogen) atoms. The Balaban J connectivity index is 1.40. The summed E-state index contributed by atoms with van der Waals surface area (Å²) in [6.45, 7) is 1.88. The van der Waals surface area contributed by atoms with Gasteiger partial charge in [-0.15, -0.1) is 0 Å². The number of hydrogen-bond donors (Lipinski definition) is 1. The van der Waals surface area contributed by atoms with E-state index in [1.54, 1.807) is 48.8 Å². The molecule has 0 aliphatic rings. The minimum absolute atomic E-state index is 0.262. The lowest BCUT2D eigenvalue weighted by Gasteiger charge is -2.11. The number of nitrogens with one attached hydrogen (secondary N) is 1. The second kappa shape index (κ2) is 8.83. The standard InChI is InChI=1S/C23H18N4O3/c1-16-14-19(30-23-24-12-5-13-25-23)9-10-20(16)27-22(28)17-8-11-21(26-15-17)29-18-6-3-2-4-7-18/h2-15H,1H3,(H,27,28). The first-order chi connectivity index (χ1) is 14.7. The van der Waals surface area contributed by atoms with Crippen LogP contribution in [-0.4, -0.2) is 20.9 Å². The van der Waals surface area contributed by atoms with Crippen LogP contribution in [0.3, 0.4) is 0 Å². The Morgan fingerprint density at radius 2 is 1.63 bits per heavy atom. The Bertz CT molecular complexity index is 1130. The van der Waals surface area contributed by atoms with Gasteiger partial charge in [0.1, 0.15) is 11.5 Å². The van der Waals surface area contributed by atoms with Crippen molar-refractivity contribution in [1.82, 2.24) is 15.0 Å². The first-order valence-corrected chi connectivity index (χ1v) is 9.23. The third-order valence-corrected chi connectivity index (χ3v) is 4.16. The number of anilines is 1. The molecule has 0 fully saturated rings. The molecule has 148 valence electrons. The van der Waals surface area contributed by atoms with Gasteiger partial charge in [0, 0.05) is 30.3 Å². The van der Waals surface area contributed by atoms with Crippen molar-refractivity contribution in [3.05, 3.63) is 96.4 Å². The van der Waals surface area contributed by atoms with E-state index in [2.05, 4.69) is 20.3 Å². The number of carbonyl (C=O) groups excluding carboxylic acids is 1. The maximum atomic E-state index is 12.6. The molecular weight excluding hydrogens is 380 g/mol. The van der Waals surface area contributed by atoms with Crippen LogP contribution in [0.4, 0.5) is 5.69 Å². The third kappa shape index (κ3) is 4.77. The molecule has 7 heteroatoms. The number of amides is 1. The summed E-state index contributed by atoms with van der Waals surface area (Å²) in [6.07, 6.45) is 4.69. The lowest BCUT2D eigenvalue weighted by atomic mass is 10.1. The van der Waals surface area contributed by atoms with Gasteiger partial charge in [-0.3, -0.25) is 4.79 Å². The fraction of sp³-hybridized carbons (Fsp3) is 0.0435. The molecule has 0 saturated heterocycles. The van der Waals surface area contributed by atoms with Crippen molar-refractivity contribution in [2.75, 3.05) is 5.32 Å². The fourth-order valence-electron chi connectivity index (χ4n) is 2.66. The summed E-state index contributed by atoms with van der Waals surface area (Å²) in [4.78, 5) is 24.8. The molecule has 0 bridgehead atoms. The van der Waals surface area contributed by atoms with E-state index < -0.39 is 0 Å². The smallest absolute Gasteiger partial charge is 0.321 e. The monoisotopic (exact) mass is 398 g/mol. The van der Waals surface area contributed by atoms with E-state index in [1.165, 1.54) is 6.20 Å². The maximum Gasteiger partial charge on any atom is 0.321 e. The van der Waals surface area contributed by atoms with Gasteiger partial charge in [-0.05, 0) is 55.0 Å². The highest BCUT2D eigenvalue weighted by Gasteiger charge is 2.10. The summed E-state index contributed by atoms with van der Waals surface area (Å²) >= 11 is 0. The largest absolute Gasteiger partial charge is 0.439 e. The molecule has 0 spiro atoms. The molecule has 1 amide bonds. The van der Waals surface area contributed by atoms with E-state index in [0.29, 0.717) is 28.6 Å². The highest BCUT2D eigenvalue weighted by atomic mass is 16.5. The first-order valence-electron chi connectivity index (χ1n) is 9.23. The predicted molar refractivity (Wildman–Crippen MR) is 112 cm³/mol. The lowest BCUT2D eigenvalue weighted by molar-refractivity contribution is 0.102. The average Bonchev–Trinajstić information content (AvgIpc) is 2.77. The van der Waals surface area contributed by atoms with E-state index in [4.69, 9.17) is 9.47 Å². The number of ether oxygens (including phenoxy) is 2. The zero-order chi connectivity index (χ0) is 20.8. The lowest BCUT2D eigenvalue weighted by Crippen LogP contribution is -2.13. The van der Waals surface area contributed by atoms with E-state index in [9.17, 15) is 4.79 Å². The number of benzene rings is 2. The van der Waals surface area contributed by atoms with Gasteiger partial charge in [-0.25, -0.2) is 15.0 Å².